The number of carbonyl (C=O) groups excluding carboxylic acids is 1. The standard InChI is InChI=1S/C27H28N4O4/c1-35-23-11-20(10-22(12-23)31(33)34)28-26(32)24-16-30(21-5-3-2-4-6-21)29-25(24)27-13-17-7-18(14-27)9-19(8-17)15-27/h2-6,10-12,16-19H,7-9,13-15H2,1H3,(H,28,32). The molecule has 35 heavy (non-hydrogen) atoms. The van der Waals surface area contributed by atoms with Crippen molar-refractivity contribution >= 4 is 17.3 Å². The Morgan fingerprint density at radius 1 is 1.09 bits per heavy atom. The Kier molecular flexibility index (Phi) is 5.12. The number of anilines is 1. The Labute approximate surface area is 203 Å². The maximum Gasteiger partial charge on any atom is 0.275 e. The zero-order valence-corrected chi connectivity index (χ0v) is 19.6. The molecule has 4 saturated carbocycles. The number of carbonyl (C=O) groups is 1. The minimum Gasteiger partial charge on any atom is -0.496 e. The summed E-state index contributed by atoms with van der Waals surface area (Å²) in [6, 6.07) is 14.1. The Bertz CT molecular complexity index is 1260. The fraction of sp³-hybridized carbons (Fsp3) is 0.407. The second kappa shape index (κ2) is 8.22. The third-order valence-corrected chi connectivity index (χ3v) is 8.12. The molecule has 8 heteroatoms. The van der Waals surface area contributed by atoms with E-state index in [1.165, 1.54) is 38.5 Å². The molecule has 8 nitrogen and oxygen atoms in total. The highest BCUT2D eigenvalue weighted by atomic mass is 16.6. The van der Waals surface area contributed by atoms with Crippen molar-refractivity contribution in [1.82, 2.24) is 9.78 Å². The van der Waals surface area contributed by atoms with Crippen LogP contribution in [0.15, 0.2) is 54.7 Å². The van der Waals surface area contributed by atoms with Crippen LogP contribution in [0.25, 0.3) is 5.69 Å². The van der Waals surface area contributed by atoms with E-state index in [4.69, 9.17) is 9.84 Å². The van der Waals surface area contributed by atoms with Crippen molar-refractivity contribution in [3.8, 4) is 11.4 Å². The molecule has 2 aromatic carbocycles. The Balaban J connectivity index is 1.41. The topological polar surface area (TPSA) is 99.3 Å². The molecule has 0 aliphatic heterocycles. The first-order chi connectivity index (χ1) is 16.9. The molecule has 0 radical (unpaired) electrons. The third-order valence-electron chi connectivity index (χ3n) is 8.12. The molecule has 4 aliphatic carbocycles. The van der Waals surface area contributed by atoms with Gasteiger partial charge in [0.2, 0.25) is 0 Å². The van der Waals surface area contributed by atoms with Gasteiger partial charge in [0.15, 0.2) is 0 Å². The summed E-state index contributed by atoms with van der Waals surface area (Å²) in [6.45, 7) is 0. The van der Waals surface area contributed by atoms with E-state index in [1.807, 2.05) is 36.5 Å². The largest absolute Gasteiger partial charge is 0.496 e. The molecule has 4 fully saturated rings. The SMILES string of the molecule is COc1cc(NC(=O)c2cn(-c3ccccc3)nc2C23CC4CC(CC(C4)C2)C3)cc([N+](=O)[O-])c1. The lowest BCUT2D eigenvalue weighted by Crippen LogP contribution is -2.49. The Morgan fingerprint density at radius 2 is 1.74 bits per heavy atom. The van der Waals surface area contributed by atoms with Gasteiger partial charge in [0.25, 0.3) is 11.6 Å². The molecule has 7 rings (SSSR count). The summed E-state index contributed by atoms with van der Waals surface area (Å²) in [5, 5.41) is 19.3. The predicted molar refractivity (Wildman–Crippen MR) is 131 cm³/mol. The number of nitro benzene ring substituents is 1. The lowest BCUT2D eigenvalue weighted by molar-refractivity contribution is -0.384. The first-order valence-electron chi connectivity index (χ1n) is 12.2. The highest BCUT2D eigenvalue weighted by Gasteiger charge is 2.53. The van der Waals surface area contributed by atoms with E-state index >= 15 is 0 Å². The van der Waals surface area contributed by atoms with Crippen molar-refractivity contribution < 1.29 is 14.5 Å². The van der Waals surface area contributed by atoms with E-state index in [9.17, 15) is 14.9 Å². The van der Waals surface area contributed by atoms with E-state index in [0.29, 0.717) is 34.8 Å². The van der Waals surface area contributed by atoms with Crippen LogP contribution in [0.5, 0.6) is 5.75 Å². The van der Waals surface area contributed by atoms with Gasteiger partial charge < -0.3 is 10.1 Å². The van der Waals surface area contributed by atoms with E-state index in [-0.39, 0.29) is 17.0 Å². The summed E-state index contributed by atoms with van der Waals surface area (Å²) >= 11 is 0. The van der Waals surface area contributed by atoms with E-state index in [1.54, 1.807) is 10.7 Å². The number of non-ortho nitro benzene ring substituents is 1. The zero-order valence-electron chi connectivity index (χ0n) is 19.6. The second-order valence-corrected chi connectivity index (χ2v) is 10.5. The molecule has 180 valence electrons. The van der Waals surface area contributed by atoms with Crippen molar-refractivity contribution in [2.24, 2.45) is 17.8 Å². The summed E-state index contributed by atoms with van der Waals surface area (Å²) in [6.07, 6.45) is 8.95. The number of hydrogen-bond acceptors (Lipinski definition) is 5. The first-order valence-corrected chi connectivity index (χ1v) is 12.2. The maximum absolute atomic E-state index is 13.7. The number of methoxy groups -OCH3 is 1. The van der Waals surface area contributed by atoms with Gasteiger partial charge >= 0.3 is 0 Å². The Hall–Kier alpha value is -3.68. The van der Waals surface area contributed by atoms with Gasteiger partial charge in [-0.15, -0.1) is 0 Å². The molecule has 0 saturated heterocycles. The van der Waals surface area contributed by atoms with Gasteiger partial charge in [-0.1, -0.05) is 18.2 Å². The van der Waals surface area contributed by atoms with Crippen molar-refractivity contribution in [1.29, 1.82) is 0 Å². The summed E-state index contributed by atoms with van der Waals surface area (Å²) < 4.78 is 7.01. The van der Waals surface area contributed by atoms with Gasteiger partial charge in [0.1, 0.15) is 5.75 Å². The van der Waals surface area contributed by atoms with Crippen LogP contribution >= 0.6 is 0 Å². The lowest BCUT2D eigenvalue weighted by Gasteiger charge is -2.56. The average molecular weight is 473 g/mol. The number of benzene rings is 2. The highest BCUT2D eigenvalue weighted by molar-refractivity contribution is 6.05. The molecule has 1 aromatic heterocycles. The minimum atomic E-state index is -0.494. The third kappa shape index (κ3) is 3.87. The molecular weight excluding hydrogens is 444 g/mol. The molecule has 1 amide bonds. The second-order valence-electron chi connectivity index (χ2n) is 10.5. The van der Waals surface area contributed by atoms with E-state index < -0.39 is 4.92 Å². The smallest absolute Gasteiger partial charge is 0.275 e. The molecule has 0 atom stereocenters. The normalized spacial score (nSPS) is 26.5. The van der Waals surface area contributed by atoms with Crippen LogP contribution in [-0.2, 0) is 5.41 Å². The van der Waals surface area contributed by atoms with E-state index in [0.717, 1.165) is 30.6 Å². The van der Waals surface area contributed by atoms with Gasteiger partial charge in [-0.2, -0.15) is 5.10 Å². The van der Waals surface area contributed by atoms with Crippen LogP contribution in [0.3, 0.4) is 0 Å². The summed E-state index contributed by atoms with van der Waals surface area (Å²) in [4.78, 5) is 24.6. The number of aromatic nitrogens is 2. The molecule has 4 aliphatic rings. The van der Waals surface area contributed by atoms with Crippen LogP contribution in [-0.4, -0.2) is 27.7 Å². The van der Waals surface area contributed by atoms with Crippen LogP contribution in [0.4, 0.5) is 11.4 Å². The number of ether oxygens (including phenoxy) is 1. The number of nitrogens with zero attached hydrogens (tertiary/aromatic N) is 3. The van der Waals surface area contributed by atoms with Crippen LogP contribution in [0.1, 0.15) is 54.6 Å². The molecule has 1 N–H and O–H groups in total. The number of nitro groups is 1. The van der Waals surface area contributed by atoms with Crippen molar-refractivity contribution in [3.05, 3.63) is 76.1 Å². The molecule has 3 aromatic rings. The van der Waals surface area contributed by atoms with Gasteiger partial charge in [0.05, 0.1) is 40.7 Å². The van der Waals surface area contributed by atoms with Gasteiger partial charge in [-0.25, -0.2) is 4.68 Å². The molecule has 0 unspecified atom stereocenters. The van der Waals surface area contributed by atoms with Gasteiger partial charge in [0, 0.05) is 23.7 Å². The van der Waals surface area contributed by atoms with Crippen LogP contribution in [0.2, 0.25) is 0 Å². The van der Waals surface area contributed by atoms with Gasteiger partial charge in [-0.05, 0) is 68.4 Å². The zero-order chi connectivity index (χ0) is 24.2. The number of amides is 1. The van der Waals surface area contributed by atoms with Crippen LogP contribution in [0, 0.1) is 27.9 Å². The first kappa shape index (κ1) is 21.8. The summed E-state index contributed by atoms with van der Waals surface area (Å²) in [5.41, 5.74) is 2.42. The molecular formula is C27H28N4O4. The van der Waals surface area contributed by atoms with Crippen LogP contribution < -0.4 is 10.1 Å². The fourth-order valence-corrected chi connectivity index (χ4v) is 7.12. The predicted octanol–water partition coefficient (Wildman–Crippen LogP) is 5.51. The van der Waals surface area contributed by atoms with E-state index in [2.05, 4.69) is 5.32 Å². The monoisotopic (exact) mass is 472 g/mol. The molecule has 0 spiro atoms. The lowest BCUT2D eigenvalue weighted by atomic mass is 9.48. The number of rotatable bonds is 6. The summed E-state index contributed by atoms with van der Waals surface area (Å²) in [7, 11) is 1.44. The molecule has 1 heterocycles. The summed E-state index contributed by atoms with van der Waals surface area (Å²) in [5.74, 6) is 2.14. The average Bonchev–Trinajstić information content (AvgIpc) is 3.30. The quantitative estimate of drug-likeness (QED) is 0.377. The Morgan fingerprint density at radius 3 is 2.34 bits per heavy atom. The number of hydrogen-bond donors (Lipinski definition) is 1. The number of para-hydroxylation sites is 1. The fourth-order valence-electron chi connectivity index (χ4n) is 7.12. The number of nitrogens with one attached hydrogen (secondary N) is 1. The maximum atomic E-state index is 13.7. The van der Waals surface area contributed by atoms with Crippen molar-refractivity contribution in [2.45, 2.75) is 43.9 Å². The van der Waals surface area contributed by atoms with Crippen molar-refractivity contribution in [3.63, 3.8) is 0 Å². The highest BCUT2D eigenvalue weighted by Crippen LogP contribution is 2.61. The molecule has 4 bridgehead atoms. The minimum absolute atomic E-state index is 0.0815. The van der Waals surface area contributed by atoms with Gasteiger partial charge in [-0.3, -0.25) is 14.9 Å². The van der Waals surface area contributed by atoms with Crippen molar-refractivity contribution in [2.75, 3.05) is 12.4 Å².